The minimum atomic E-state index is -3.26. The van der Waals surface area contributed by atoms with Crippen LogP contribution in [0.4, 0.5) is 5.69 Å². The summed E-state index contributed by atoms with van der Waals surface area (Å²) in [5, 5.41) is 9.77. The largest absolute Gasteiger partial charge is 0.375 e. The van der Waals surface area contributed by atoms with E-state index in [1.807, 2.05) is 0 Å². The summed E-state index contributed by atoms with van der Waals surface area (Å²) in [5.41, 5.74) is 1.39. The Morgan fingerprint density at radius 2 is 2.07 bits per heavy atom. The average molecular weight is 399 g/mol. The molecule has 2 heterocycles. The Hall–Kier alpha value is -1.45. The van der Waals surface area contributed by atoms with E-state index in [0.717, 1.165) is 44.2 Å². The molecular formula is C18H30N4O4S. The maximum atomic E-state index is 12.9. The van der Waals surface area contributed by atoms with Gasteiger partial charge in [0.05, 0.1) is 23.3 Å². The second-order valence-corrected chi connectivity index (χ2v) is 9.67. The van der Waals surface area contributed by atoms with E-state index < -0.39 is 10.0 Å². The van der Waals surface area contributed by atoms with Crippen molar-refractivity contribution in [1.82, 2.24) is 14.5 Å². The highest BCUT2D eigenvalue weighted by atomic mass is 32.2. The van der Waals surface area contributed by atoms with Crippen LogP contribution in [0.3, 0.4) is 0 Å². The van der Waals surface area contributed by atoms with Crippen molar-refractivity contribution < 1.29 is 17.9 Å². The van der Waals surface area contributed by atoms with Crippen molar-refractivity contribution in [1.29, 1.82) is 0 Å². The molecule has 1 aromatic rings. The van der Waals surface area contributed by atoms with Gasteiger partial charge in [0, 0.05) is 26.1 Å². The molecule has 8 nitrogen and oxygen atoms in total. The van der Waals surface area contributed by atoms with Gasteiger partial charge in [-0.3, -0.25) is 9.89 Å². The van der Waals surface area contributed by atoms with Crippen LogP contribution >= 0.6 is 0 Å². The molecule has 1 amide bonds. The van der Waals surface area contributed by atoms with E-state index in [1.165, 1.54) is 13.5 Å². The number of aromatic amines is 1. The summed E-state index contributed by atoms with van der Waals surface area (Å²) in [6.45, 7) is 0.979. The van der Waals surface area contributed by atoms with Crippen LogP contribution in [0.1, 0.15) is 56.6 Å². The summed E-state index contributed by atoms with van der Waals surface area (Å²) in [7, 11) is -1.80. The Kier molecular flexibility index (Phi) is 6.88. The second-order valence-electron chi connectivity index (χ2n) is 7.66. The van der Waals surface area contributed by atoms with Gasteiger partial charge < -0.3 is 10.1 Å². The number of rotatable bonds is 7. The van der Waals surface area contributed by atoms with E-state index in [9.17, 15) is 13.2 Å². The summed E-state index contributed by atoms with van der Waals surface area (Å²) in [6, 6.07) is 0. The maximum Gasteiger partial charge on any atom is 0.250 e. The van der Waals surface area contributed by atoms with E-state index in [-0.39, 0.29) is 24.2 Å². The number of H-pyrrole nitrogens is 1. The molecule has 3 rings (SSSR count). The molecule has 0 bridgehead atoms. The fourth-order valence-corrected chi connectivity index (χ4v) is 6.17. The van der Waals surface area contributed by atoms with Crippen LogP contribution in [-0.4, -0.2) is 61.4 Å². The van der Waals surface area contributed by atoms with Gasteiger partial charge in [-0.1, -0.05) is 19.3 Å². The van der Waals surface area contributed by atoms with E-state index in [0.29, 0.717) is 24.7 Å². The fourth-order valence-electron chi connectivity index (χ4n) is 4.21. The van der Waals surface area contributed by atoms with Crippen LogP contribution in [0.15, 0.2) is 6.20 Å². The molecule has 0 radical (unpaired) electrons. The van der Waals surface area contributed by atoms with Crippen molar-refractivity contribution in [2.75, 3.05) is 37.9 Å². The topological polar surface area (TPSA) is 104 Å². The van der Waals surface area contributed by atoms with Crippen LogP contribution < -0.4 is 5.32 Å². The third-order valence-electron chi connectivity index (χ3n) is 5.58. The number of nitrogens with zero attached hydrogens (tertiary/aromatic N) is 2. The maximum absolute atomic E-state index is 12.9. The lowest BCUT2D eigenvalue weighted by Gasteiger charge is -2.33. The molecule has 27 heavy (non-hydrogen) atoms. The van der Waals surface area contributed by atoms with Gasteiger partial charge in [-0.05, 0) is 31.6 Å². The van der Waals surface area contributed by atoms with Crippen LogP contribution in [0.2, 0.25) is 0 Å². The number of piperidine rings is 1. The van der Waals surface area contributed by atoms with Crippen LogP contribution in [0.5, 0.6) is 0 Å². The zero-order valence-electron chi connectivity index (χ0n) is 15.9. The van der Waals surface area contributed by atoms with Gasteiger partial charge in [0.25, 0.3) is 0 Å². The molecule has 2 aliphatic rings. The number of hydrogen-bond acceptors (Lipinski definition) is 5. The number of ether oxygens (including phenoxy) is 1. The first-order chi connectivity index (χ1) is 13.0. The molecular weight excluding hydrogens is 368 g/mol. The van der Waals surface area contributed by atoms with Gasteiger partial charge in [-0.2, -0.15) is 5.10 Å². The summed E-state index contributed by atoms with van der Waals surface area (Å²) in [4.78, 5) is 11.8. The highest BCUT2D eigenvalue weighted by Crippen LogP contribution is 2.33. The van der Waals surface area contributed by atoms with E-state index >= 15 is 0 Å². The molecule has 1 saturated carbocycles. The Morgan fingerprint density at radius 3 is 2.81 bits per heavy atom. The quantitative estimate of drug-likeness (QED) is 0.732. The second kappa shape index (κ2) is 9.16. The van der Waals surface area contributed by atoms with Gasteiger partial charge in [-0.15, -0.1) is 0 Å². The smallest absolute Gasteiger partial charge is 0.250 e. The molecule has 0 spiro atoms. The Labute approximate surface area is 161 Å². The van der Waals surface area contributed by atoms with Gasteiger partial charge in [-0.25, -0.2) is 12.7 Å². The zero-order chi connectivity index (χ0) is 19.3. The normalized spacial score (nSPS) is 22.6. The van der Waals surface area contributed by atoms with Crippen molar-refractivity contribution >= 4 is 21.6 Å². The lowest BCUT2D eigenvalue weighted by molar-refractivity contribution is -0.119. The molecule has 2 fully saturated rings. The van der Waals surface area contributed by atoms with E-state index in [1.54, 1.807) is 10.5 Å². The zero-order valence-corrected chi connectivity index (χ0v) is 16.8. The molecule has 1 aliphatic heterocycles. The lowest BCUT2D eigenvalue weighted by Crippen LogP contribution is -2.42. The van der Waals surface area contributed by atoms with Gasteiger partial charge >= 0.3 is 0 Å². The number of amides is 1. The SMILES string of the molecule is COCC(=O)Nc1cn[nH]c1C1CCCN(S(=O)(=O)CC2CCCCC2)C1. The third-order valence-corrected chi connectivity index (χ3v) is 7.59. The summed E-state index contributed by atoms with van der Waals surface area (Å²) in [5.74, 6) is 0.304. The minimum absolute atomic E-state index is 0.000209. The number of anilines is 1. The Bertz CT molecular complexity index is 727. The molecule has 1 aromatic heterocycles. The molecule has 2 N–H and O–H groups in total. The number of aromatic nitrogens is 2. The number of sulfonamides is 1. The molecule has 1 saturated heterocycles. The molecule has 1 atom stereocenters. The molecule has 9 heteroatoms. The molecule has 1 unspecified atom stereocenters. The molecule has 0 aromatic carbocycles. The first kappa shape index (κ1) is 20.3. The fraction of sp³-hybridized carbons (Fsp3) is 0.778. The summed E-state index contributed by atoms with van der Waals surface area (Å²) in [6.07, 6.45) is 8.78. The average Bonchev–Trinajstić information content (AvgIpc) is 3.10. The molecule has 152 valence electrons. The highest BCUT2D eigenvalue weighted by Gasteiger charge is 2.33. The van der Waals surface area contributed by atoms with Crippen molar-refractivity contribution in [3.8, 4) is 0 Å². The van der Waals surface area contributed by atoms with Crippen molar-refractivity contribution in [2.45, 2.75) is 50.9 Å². The van der Waals surface area contributed by atoms with Crippen LogP contribution in [-0.2, 0) is 19.6 Å². The summed E-state index contributed by atoms with van der Waals surface area (Å²) < 4.78 is 32.3. The predicted octanol–water partition coefficient (Wildman–Crippen LogP) is 2.08. The third kappa shape index (κ3) is 5.30. The highest BCUT2D eigenvalue weighted by molar-refractivity contribution is 7.89. The number of methoxy groups -OCH3 is 1. The van der Waals surface area contributed by atoms with Crippen LogP contribution in [0, 0.1) is 5.92 Å². The first-order valence-corrected chi connectivity index (χ1v) is 11.4. The number of hydrogen-bond donors (Lipinski definition) is 2. The monoisotopic (exact) mass is 398 g/mol. The van der Waals surface area contributed by atoms with E-state index in [2.05, 4.69) is 15.5 Å². The predicted molar refractivity (Wildman–Crippen MR) is 103 cm³/mol. The number of carbonyl (C=O) groups excluding carboxylic acids is 1. The van der Waals surface area contributed by atoms with Crippen molar-refractivity contribution in [3.05, 3.63) is 11.9 Å². The number of nitrogens with one attached hydrogen (secondary N) is 2. The minimum Gasteiger partial charge on any atom is -0.375 e. The molecule has 1 aliphatic carbocycles. The van der Waals surface area contributed by atoms with Gasteiger partial charge in [0.15, 0.2) is 0 Å². The van der Waals surface area contributed by atoms with Crippen molar-refractivity contribution in [2.24, 2.45) is 5.92 Å². The Balaban J connectivity index is 1.65. The summed E-state index contributed by atoms with van der Waals surface area (Å²) >= 11 is 0. The van der Waals surface area contributed by atoms with Gasteiger partial charge in [0.1, 0.15) is 6.61 Å². The van der Waals surface area contributed by atoms with E-state index in [4.69, 9.17) is 4.74 Å². The van der Waals surface area contributed by atoms with Crippen molar-refractivity contribution in [3.63, 3.8) is 0 Å². The standard InChI is InChI=1S/C18H30N4O4S/c1-26-12-17(23)20-16-10-19-21-18(16)15-8-5-9-22(11-15)27(24,25)13-14-6-3-2-4-7-14/h10,14-15H,2-9,11-13H2,1H3,(H,19,21)(H,20,23). The lowest BCUT2D eigenvalue weighted by atomic mass is 9.91. The number of carbonyl (C=O) groups is 1. The van der Waals surface area contributed by atoms with Gasteiger partial charge in [0.2, 0.25) is 15.9 Å². The Morgan fingerprint density at radius 1 is 1.30 bits per heavy atom. The first-order valence-electron chi connectivity index (χ1n) is 9.79. The van der Waals surface area contributed by atoms with Crippen LogP contribution in [0.25, 0.3) is 0 Å².